The first-order valence-electron chi connectivity index (χ1n) is 6.20. The molecule has 0 radical (unpaired) electrons. The van der Waals surface area contributed by atoms with Crippen LogP contribution in [0, 0.1) is 5.92 Å². The van der Waals surface area contributed by atoms with Gasteiger partial charge in [-0.3, -0.25) is 4.79 Å². The molecule has 4 nitrogen and oxygen atoms in total. The van der Waals surface area contributed by atoms with Crippen LogP contribution in [0.3, 0.4) is 0 Å². The number of hydrogen-bond acceptors (Lipinski definition) is 3. The van der Waals surface area contributed by atoms with Crippen LogP contribution in [0.5, 0.6) is 0 Å². The predicted molar refractivity (Wildman–Crippen MR) is 63.8 cm³/mol. The fraction of sp³-hybridized carbons (Fsp3) is 0.917. The number of ether oxygens (including phenoxy) is 1. The smallest absolute Gasteiger partial charge is 0.246 e. The third kappa shape index (κ3) is 3.19. The molecule has 1 atom stereocenters. The van der Waals surface area contributed by atoms with Crippen molar-refractivity contribution in [1.29, 1.82) is 0 Å². The minimum absolute atomic E-state index is 0.319. The molecule has 0 aromatic rings. The van der Waals surface area contributed by atoms with E-state index in [1.54, 1.807) is 6.92 Å². The van der Waals surface area contributed by atoms with E-state index in [4.69, 9.17) is 16.2 Å². The number of nitrogens with two attached hydrogens (primary N) is 2. The van der Waals surface area contributed by atoms with E-state index in [9.17, 15) is 4.79 Å². The van der Waals surface area contributed by atoms with Gasteiger partial charge in [0.05, 0.1) is 5.60 Å². The van der Waals surface area contributed by atoms with Gasteiger partial charge in [0.25, 0.3) is 0 Å². The number of hydrogen-bond donors (Lipinski definition) is 2. The van der Waals surface area contributed by atoms with Crippen molar-refractivity contribution in [3.63, 3.8) is 0 Å². The normalized spacial score (nSPS) is 32.3. The SMILES string of the molecule is CCC1CCC(CN)(OC(C)C(N)=O)CC1. The highest BCUT2D eigenvalue weighted by Crippen LogP contribution is 2.36. The van der Waals surface area contributed by atoms with Crippen LogP contribution in [0.15, 0.2) is 0 Å². The van der Waals surface area contributed by atoms with Gasteiger partial charge >= 0.3 is 0 Å². The third-order valence-corrected chi connectivity index (χ3v) is 3.79. The first-order chi connectivity index (χ1) is 7.53. The monoisotopic (exact) mass is 228 g/mol. The fourth-order valence-electron chi connectivity index (χ4n) is 2.42. The minimum Gasteiger partial charge on any atom is -0.367 e. The van der Waals surface area contributed by atoms with Gasteiger partial charge in [0.1, 0.15) is 6.10 Å². The van der Waals surface area contributed by atoms with Crippen LogP contribution in [0.25, 0.3) is 0 Å². The second-order valence-corrected chi connectivity index (χ2v) is 4.90. The molecule has 16 heavy (non-hydrogen) atoms. The zero-order valence-corrected chi connectivity index (χ0v) is 10.4. The van der Waals surface area contributed by atoms with Gasteiger partial charge in [-0.2, -0.15) is 0 Å². The van der Waals surface area contributed by atoms with Crippen LogP contribution in [-0.2, 0) is 9.53 Å². The summed E-state index contributed by atoms with van der Waals surface area (Å²) < 4.78 is 5.78. The van der Waals surface area contributed by atoms with Crippen LogP contribution in [0.4, 0.5) is 0 Å². The standard InChI is InChI=1S/C12H24N2O2/c1-3-10-4-6-12(8-13,7-5-10)16-9(2)11(14)15/h9-10H,3-8,13H2,1-2H3,(H2,14,15). The average Bonchev–Trinajstić information content (AvgIpc) is 2.29. The van der Waals surface area contributed by atoms with Crippen molar-refractivity contribution in [3.8, 4) is 0 Å². The van der Waals surface area contributed by atoms with Crippen LogP contribution >= 0.6 is 0 Å². The van der Waals surface area contributed by atoms with Crippen molar-refractivity contribution in [2.75, 3.05) is 6.54 Å². The van der Waals surface area contributed by atoms with Crippen molar-refractivity contribution in [1.82, 2.24) is 0 Å². The Bertz CT molecular complexity index is 235. The molecule has 0 aliphatic heterocycles. The summed E-state index contributed by atoms with van der Waals surface area (Å²) in [5, 5.41) is 0. The first-order valence-corrected chi connectivity index (χ1v) is 6.20. The molecule has 0 bridgehead atoms. The Morgan fingerprint density at radius 1 is 1.50 bits per heavy atom. The quantitative estimate of drug-likeness (QED) is 0.741. The maximum atomic E-state index is 11.0. The van der Waals surface area contributed by atoms with Crippen molar-refractivity contribution in [2.24, 2.45) is 17.4 Å². The van der Waals surface area contributed by atoms with E-state index in [0.717, 1.165) is 31.6 Å². The molecule has 4 N–H and O–H groups in total. The summed E-state index contributed by atoms with van der Waals surface area (Å²) in [5.41, 5.74) is 10.7. The largest absolute Gasteiger partial charge is 0.367 e. The summed E-state index contributed by atoms with van der Waals surface area (Å²) >= 11 is 0. The van der Waals surface area contributed by atoms with Crippen LogP contribution < -0.4 is 11.5 Å². The van der Waals surface area contributed by atoms with Crippen LogP contribution in [-0.4, -0.2) is 24.2 Å². The topological polar surface area (TPSA) is 78.3 Å². The van der Waals surface area contributed by atoms with Crippen molar-refractivity contribution < 1.29 is 9.53 Å². The Morgan fingerprint density at radius 3 is 2.44 bits per heavy atom. The van der Waals surface area contributed by atoms with E-state index in [1.807, 2.05) is 0 Å². The lowest BCUT2D eigenvalue weighted by Crippen LogP contribution is -2.48. The van der Waals surface area contributed by atoms with E-state index in [2.05, 4.69) is 6.92 Å². The first kappa shape index (κ1) is 13.5. The molecule has 1 rings (SSSR count). The molecule has 0 spiro atoms. The molecule has 0 aromatic heterocycles. The number of carbonyl (C=O) groups is 1. The maximum absolute atomic E-state index is 11.0. The number of carbonyl (C=O) groups excluding carboxylic acids is 1. The van der Waals surface area contributed by atoms with Gasteiger partial charge in [-0.15, -0.1) is 0 Å². The molecule has 1 aliphatic carbocycles. The fourth-order valence-corrected chi connectivity index (χ4v) is 2.42. The molecule has 4 heteroatoms. The van der Waals surface area contributed by atoms with Crippen molar-refractivity contribution in [2.45, 2.75) is 57.7 Å². The molecule has 0 saturated heterocycles. The van der Waals surface area contributed by atoms with Crippen molar-refractivity contribution in [3.05, 3.63) is 0 Å². The number of primary amides is 1. The number of rotatable bonds is 5. The summed E-state index contributed by atoms with van der Waals surface area (Å²) in [6.07, 6.45) is 4.84. The van der Waals surface area contributed by atoms with E-state index in [1.165, 1.54) is 6.42 Å². The predicted octanol–water partition coefficient (Wildman–Crippen LogP) is 1.17. The average molecular weight is 228 g/mol. The number of amides is 1. The van der Waals surface area contributed by atoms with E-state index < -0.39 is 12.0 Å². The second kappa shape index (κ2) is 5.64. The lowest BCUT2D eigenvalue weighted by molar-refractivity contribution is -0.147. The van der Waals surface area contributed by atoms with Gasteiger partial charge in [0.2, 0.25) is 5.91 Å². The van der Waals surface area contributed by atoms with E-state index in [0.29, 0.717) is 6.54 Å². The summed E-state index contributed by atoms with van der Waals surface area (Å²) in [4.78, 5) is 11.0. The van der Waals surface area contributed by atoms with Gasteiger partial charge < -0.3 is 16.2 Å². The third-order valence-electron chi connectivity index (χ3n) is 3.79. The Kier molecular flexibility index (Phi) is 4.74. The summed E-state index contributed by atoms with van der Waals surface area (Å²) in [6.45, 7) is 4.39. The Morgan fingerprint density at radius 2 is 2.06 bits per heavy atom. The van der Waals surface area contributed by atoms with Gasteiger partial charge in [0.15, 0.2) is 0 Å². The molecule has 1 fully saturated rings. The summed E-state index contributed by atoms with van der Waals surface area (Å²) in [6, 6.07) is 0. The Labute approximate surface area is 97.7 Å². The van der Waals surface area contributed by atoms with E-state index in [-0.39, 0.29) is 5.60 Å². The molecular weight excluding hydrogens is 204 g/mol. The van der Waals surface area contributed by atoms with Gasteiger partial charge in [-0.05, 0) is 38.5 Å². The molecular formula is C12H24N2O2. The minimum atomic E-state index is -0.540. The zero-order chi connectivity index (χ0) is 12.2. The van der Waals surface area contributed by atoms with E-state index >= 15 is 0 Å². The molecule has 1 amide bonds. The zero-order valence-electron chi connectivity index (χ0n) is 10.4. The Hall–Kier alpha value is -0.610. The van der Waals surface area contributed by atoms with Gasteiger partial charge in [-0.1, -0.05) is 13.3 Å². The van der Waals surface area contributed by atoms with Crippen LogP contribution in [0.1, 0.15) is 46.0 Å². The van der Waals surface area contributed by atoms with Crippen LogP contribution in [0.2, 0.25) is 0 Å². The highest BCUT2D eigenvalue weighted by molar-refractivity contribution is 5.78. The Balaban J connectivity index is 2.55. The molecule has 1 unspecified atom stereocenters. The molecule has 1 saturated carbocycles. The lowest BCUT2D eigenvalue weighted by atomic mass is 9.77. The molecule has 0 heterocycles. The summed E-state index contributed by atoms with van der Waals surface area (Å²) in [7, 11) is 0. The molecule has 1 aliphatic rings. The van der Waals surface area contributed by atoms with Crippen molar-refractivity contribution >= 4 is 5.91 Å². The highest BCUT2D eigenvalue weighted by Gasteiger charge is 2.36. The molecule has 0 aromatic carbocycles. The summed E-state index contributed by atoms with van der Waals surface area (Å²) in [5.74, 6) is 0.373. The second-order valence-electron chi connectivity index (χ2n) is 4.90. The van der Waals surface area contributed by atoms with Gasteiger partial charge in [0, 0.05) is 6.54 Å². The lowest BCUT2D eigenvalue weighted by Gasteiger charge is -2.40. The van der Waals surface area contributed by atoms with Gasteiger partial charge in [-0.25, -0.2) is 0 Å². The maximum Gasteiger partial charge on any atom is 0.246 e. The molecule has 94 valence electrons. The highest BCUT2D eigenvalue weighted by atomic mass is 16.5.